The van der Waals surface area contributed by atoms with Crippen LogP contribution in [-0.2, 0) is 4.79 Å². The van der Waals surface area contributed by atoms with Crippen molar-refractivity contribution in [1.82, 2.24) is 0 Å². The Morgan fingerprint density at radius 2 is 2.07 bits per heavy atom. The van der Waals surface area contributed by atoms with E-state index < -0.39 is 0 Å². The fourth-order valence-corrected chi connectivity index (χ4v) is 2.02. The highest BCUT2D eigenvalue weighted by Crippen LogP contribution is 2.31. The zero-order chi connectivity index (χ0) is 11.0. The lowest BCUT2D eigenvalue weighted by Crippen LogP contribution is -2.42. The standard InChI is InChI=1S/C11H13BrN2O/c1-6(2)10-11(15)14-8-4-3-7(12)5-9(8)13-10/h3-6,10,13H,1-2H3,(H,14,15). The molecule has 80 valence electrons. The molecule has 1 atom stereocenters. The van der Waals surface area contributed by atoms with E-state index in [-0.39, 0.29) is 17.9 Å². The number of fused-ring (bicyclic) bond motifs is 1. The summed E-state index contributed by atoms with van der Waals surface area (Å²) in [6.07, 6.45) is 0. The van der Waals surface area contributed by atoms with Crippen molar-refractivity contribution in [2.24, 2.45) is 5.92 Å². The quantitative estimate of drug-likeness (QED) is 0.823. The molecule has 0 spiro atoms. The summed E-state index contributed by atoms with van der Waals surface area (Å²) in [5, 5.41) is 6.14. The summed E-state index contributed by atoms with van der Waals surface area (Å²) in [6, 6.07) is 5.63. The van der Waals surface area contributed by atoms with Gasteiger partial charge >= 0.3 is 0 Å². The zero-order valence-electron chi connectivity index (χ0n) is 8.67. The predicted octanol–water partition coefficient (Wildman–Crippen LogP) is 2.84. The minimum Gasteiger partial charge on any atom is -0.372 e. The number of amides is 1. The van der Waals surface area contributed by atoms with Crippen molar-refractivity contribution < 1.29 is 4.79 Å². The molecule has 1 amide bonds. The maximum absolute atomic E-state index is 11.7. The fourth-order valence-electron chi connectivity index (χ4n) is 1.66. The van der Waals surface area contributed by atoms with Gasteiger partial charge in [-0.2, -0.15) is 0 Å². The van der Waals surface area contributed by atoms with Crippen LogP contribution in [0.1, 0.15) is 13.8 Å². The first-order valence-electron chi connectivity index (χ1n) is 4.95. The second-order valence-corrected chi connectivity index (χ2v) is 4.96. The molecule has 0 aliphatic carbocycles. The Hall–Kier alpha value is -1.03. The van der Waals surface area contributed by atoms with Crippen molar-refractivity contribution >= 4 is 33.2 Å². The Balaban J connectivity index is 2.34. The summed E-state index contributed by atoms with van der Waals surface area (Å²) in [5.41, 5.74) is 1.82. The molecule has 2 rings (SSSR count). The number of anilines is 2. The van der Waals surface area contributed by atoms with Gasteiger partial charge in [0.1, 0.15) is 6.04 Å². The molecule has 0 saturated heterocycles. The van der Waals surface area contributed by atoms with E-state index in [0.717, 1.165) is 15.8 Å². The summed E-state index contributed by atoms with van der Waals surface area (Å²) < 4.78 is 1.01. The van der Waals surface area contributed by atoms with Crippen LogP contribution >= 0.6 is 15.9 Å². The molecule has 1 aromatic rings. The van der Waals surface area contributed by atoms with Crippen molar-refractivity contribution in [3.8, 4) is 0 Å². The highest BCUT2D eigenvalue weighted by Gasteiger charge is 2.27. The summed E-state index contributed by atoms with van der Waals surface area (Å²) >= 11 is 3.41. The number of carbonyl (C=O) groups is 1. The van der Waals surface area contributed by atoms with Crippen LogP contribution in [0.25, 0.3) is 0 Å². The van der Waals surface area contributed by atoms with Gasteiger partial charge in [0.15, 0.2) is 0 Å². The maximum Gasteiger partial charge on any atom is 0.247 e. The van der Waals surface area contributed by atoms with Crippen LogP contribution in [0.3, 0.4) is 0 Å². The summed E-state index contributed by atoms with van der Waals surface area (Å²) in [6.45, 7) is 4.06. The SMILES string of the molecule is CC(C)C1Nc2cc(Br)ccc2NC1=O. The largest absolute Gasteiger partial charge is 0.372 e. The molecule has 1 unspecified atom stereocenters. The third kappa shape index (κ3) is 2.00. The molecule has 0 saturated carbocycles. The van der Waals surface area contributed by atoms with Gasteiger partial charge in [0, 0.05) is 4.47 Å². The minimum absolute atomic E-state index is 0.0415. The third-order valence-corrected chi connectivity index (χ3v) is 2.99. The summed E-state index contributed by atoms with van der Waals surface area (Å²) in [7, 11) is 0. The normalized spacial score (nSPS) is 19.5. The fraction of sp³-hybridized carbons (Fsp3) is 0.364. The van der Waals surface area contributed by atoms with Crippen LogP contribution in [0.15, 0.2) is 22.7 Å². The van der Waals surface area contributed by atoms with Gasteiger partial charge < -0.3 is 10.6 Å². The summed E-state index contributed by atoms with van der Waals surface area (Å²) in [4.78, 5) is 11.7. The Kier molecular flexibility index (Phi) is 2.69. The van der Waals surface area contributed by atoms with Gasteiger partial charge in [-0.3, -0.25) is 4.79 Å². The van der Waals surface area contributed by atoms with Crippen LogP contribution in [0.2, 0.25) is 0 Å². The van der Waals surface area contributed by atoms with Gasteiger partial charge in [0.2, 0.25) is 5.91 Å². The van der Waals surface area contributed by atoms with Gasteiger partial charge in [-0.05, 0) is 24.1 Å². The van der Waals surface area contributed by atoms with E-state index in [0.29, 0.717) is 0 Å². The first kappa shape index (κ1) is 10.5. The first-order chi connectivity index (χ1) is 7.08. The maximum atomic E-state index is 11.7. The van der Waals surface area contributed by atoms with Gasteiger partial charge in [-0.15, -0.1) is 0 Å². The van der Waals surface area contributed by atoms with Crippen molar-refractivity contribution in [3.05, 3.63) is 22.7 Å². The van der Waals surface area contributed by atoms with Crippen LogP contribution in [0, 0.1) is 5.92 Å². The second-order valence-electron chi connectivity index (χ2n) is 4.05. The number of carbonyl (C=O) groups excluding carboxylic acids is 1. The van der Waals surface area contributed by atoms with E-state index >= 15 is 0 Å². The first-order valence-corrected chi connectivity index (χ1v) is 5.74. The van der Waals surface area contributed by atoms with E-state index in [2.05, 4.69) is 26.6 Å². The van der Waals surface area contributed by atoms with Crippen molar-refractivity contribution in [2.75, 3.05) is 10.6 Å². The van der Waals surface area contributed by atoms with Crippen LogP contribution < -0.4 is 10.6 Å². The van der Waals surface area contributed by atoms with Crippen molar-refractivity contribution in [3.63, 3.8) is 0 Å². The molecule has 0 radical (unpaired) electrons. The van der Waals surface area contributed by atoms with E-state index in [1.807, 2.05) is 32.0 Å². The predicted molar refractivity (Wildman–Crippen MR) is 65.0 cm³/mol. The highest BCUT2D eigenvalue weighted by atomic mass is 79.9. The number of hydrogen-bond donors (Lipinski definition) is 2. The molecule has 1 aliphatic rings. The number of nitrogens with one attached hydrogen (secondary N) is 2. The molecule has 4 heteroatoms. The molecule has 1 aliphatic heterocycles. The van der Waals surface area contributed by atoms with Gasteiger partial charge in [0.25, 0.3) is 0 Å². The Labute approximate surface area is 97.4 Å². The number of halogens is 1. The molecular formula is C11H13BrN2O. The van der Waals surface area contributed by atoms with Gasteiger partial charge in [-0.1, -0.05) is 29.8 Å². The van der Waals surface area contributed by atoms with E-state index in [1.54, 1.807) is 0 Å². The molecule has 1 heterocycles. The van der Waals surface area contributed by atoms with Gasteiger partial charge in [-0.25, -0.2) is 0 Å². The van der Waals surface area contributed by atoms with E-state index in [9.17, 15) is 4.79 Å². The average Bonchev–Trinajstić information content (AvgIpc) is 2.17. The molecule has 3 nitrogen and oxygen atoms in total. The average molecular weight is 269 g/mol. The molecule has 1 aromatic carbocycles. The van der Waals surface area contributed by atoms with Gasteiger partial charge in [0.05, 0.1) is 11.4 Å². The third-order valence-electron chi connectivity index (χ3n) is 2.50. The lowest BCUT2D eigenvalue weighted by Gasteiger charge is -2.29. The van der Waals surface area contributed by atoms with Crippen LogP contribution in [-0.4, -0.2) is 11.9 Å². The van der Waals surface area contributed by atoms with Crippen molar-refractivity contribution in [1.29, 1.82) is 0 Å². The number of benzene rings is 1. The molecule has 0 bridgehead atoms. The molecular weight excluding hydrogens is 256 g/mol. The number of hydrogen-bond acceptors (Lipinski definition) is 2. The van der Waals surface area contributed by atoms with E-state index in [1.165, 1.54) is 0 Å². The number of rotatable bonds is 1. The Bertz CT molecular complexity index is 404. The zero-order valence-corrected chi connectivity index (χ0v) is 10.3. The Morgan fingerprint density at radius 1 is 1.33 bits per heavy atom. The topological polar surface area (TPSA) is 41.1 Å². The molecule has 0 aromatic heterocycles. The second kappa shape index (κ2) is 3.85. The summed E-state index contributed by atoms with van der Waals surface area (Å²) in [5.74, 6) is 0.317. The molecule has 0 fully saturated rings. The van der Waals surface area contributed by atoms with Crippen LogP contribution in [0.4, 0.5) is 11.4 Å². The Morgan fingerprint density at radius 3 is 2.73 bits per heavy atom. The minimum atomic E-state index is -0.146. The lowest BCUT2D eigenvalue weighted by atomic mass is 10.0. The lowest BCUT2D eigenvalue weighted by molar-refractivity contribution is -0.117. The molecule has 15 heavy (non-hydrogen) atoms. The van der Waals surface area contributed by atoms with Crippen LogP contribution in [0.5, 0.6) is 0 Å². The monoisotopic (exact) mass is 268 g/mol. The van der Waals surface area contributed by atoms with E-state index in [4.69, 9.17) is 0 Å². The van der Waals surface area contributed by atoms with Crippen molar-refractivity contribution in [2.45, 2.75) is 19.9 Å². The molecule has 2 N–H and O–H groups in total. The highest BCUT2D eigenvalue weighted by molar-refractivity contribution is 9.10. The smallest absolute Gasteiger partial charge is 0.247 e.